The van der Waals surface area contributed by atoms with Crippen molar-refractivity contribution in [1.29, 1.82) is 0 Å². The number of amides is 1. The first kappa shape index (κ1) is 26.1. The minimum absolute atomic E-state index is 0.0985. The van der Waals surface area contributed by atoms with E-state index in [1.165, 1.54) is 18.0 Å². The first-order valence-electron chi connectivity index (χ1n) is 13.5. The standard InChI is InChI=1S/C29H34FN9O/c1-37(2)13-20-21(14-39-17-35-25-26(31)33-16-34-27(25)39)24(9-8-22(20)30)38-11-10-29(32,15-38)28(40)36-23-12-19(23)18-6-4-3-5-7-18/h3-9,16-17,19,23H,10-15,32H2,1-2H3,(H,36,40)(H2,31,33,34)/t19-,23+,29-/m1/s1. The summed E-state index contributed by atoms with van der Waals surface area (Å²) in [5.41, 5.74) is 16.2. The number of nitrogens with one attached hydrogen (secondary N) is 1. The van der Waals surface area contributed by atoms with Crippen LogP contribution in [0.4, 0.5) is 15.9 Å². The zero-order valence-electron chi connectivity index (χ0n) is 22.7. The van der Waals surface area contributed by atoms with Gasteiger partial charge in [0.05, 0.1) is 12.9 Å². The number of nitrogen functional groups attached to an aromatic ring is 1. The lowest BCUT2D eigenvalue weighted by molar-refractivity contribution is -0.125. The van der Waals surface area contributed by atoms with Crippen LogP contribution in [0.15, 0.2) is 55.1 Å². The molecule has 0 bridgehead atoms. The molecule has 0 radical (unpaired) electrons. The molecule has 1 aliphatic heterocycles. The second kappa shape index (κ2) is 10.1. The van der Waals surface area contributed by atoms with Crippen molar-refractivity contribution in [3.05, 3.63) is 77.6 Å². The third-order valence-corrected chi connectivity index (χ3v) is 8.01. The number of nitrogens with zero attached hydrogens (tertiary/aromatic N) is 6. The molecule has 2 aliphatic rings. The first-order chi connectivity index (χ1) is 19.2. The number of aromatic nitrogens is 4. The fourth-order valence-corrected chi connectivity index (χ4v) is 5.76. The van der Waals surface area contributed by atoms with E-state index in [2.05, 4.69) is 37.3 Å². The molecule has 4 aromatic rings. The molecule has 1 amide bonds. The number of carbonyl (C=O) groups excluding carboxylic acids is 1. The summed E-state index contributed by atoms with van der Waals surface area (Å²) in [4.78, 5) is 30.2. The van der Waals surface area contributed by atoms with Crippen LogP contribution < -0.4 is 21.7 Å². The second-order valence-corrected chi connectivity index (χ2v) is 11.2. The lowest BCUT2D eigenvalue weighted by atomic mass is 9.98. The van der Waals surface area contributed by atoms with Gasteiger partial charge < -0.3 is 31.2 Å². The van der Waals surface area contributed by atoms with E-state index >= 15 is 4.39 Å². The summed E-state index contributed by atoms with van der Waals surface area (Å²) < 4.78 is 17.1. The van der Waals surface area contributed by atoms with Crippen molar-refractivity contribution in [2.45, 2.75) is 43.4 Å². The number of hydrogen-bond acceptors (Lipinski definition) is 8. The van der Waals surface area contributed by atoms with Crippen LogP contribution in [0.3, 0.4) is 0 Å². The van der Waals surface area contributed by atoms with Gasteiger partial charge in [0, 0.05) is 48.4 Å². The Balaban J connectivity index is 1.26. The molecule has 11 heteroatoms. The Morgan fingerprint density at radius 2 is 1.95 bits per heavy atom. The molecule has 1 aliphatic carbocycles. The fourth-order valence-electron chi connectivity index (χ4n) is 5.76. The summed E-state index contributed by atoms with van der Waals surface area (Å²) >= 11 is 0. The molecule has 0 spiro atoms. The largest absolute Gasteiger partial charge is 0.382 e. The minimum atomic E-state index is -1.04. The van der Waals surface area contributed by atoms with Crippen LogP contribution in [0.5, 0.6) is 0 Å². The fraction of sp³-hybridized carbons (Fsp3) is 0.379. The van der Waals surface area contributed by atoms with E-state index in [-0.39, 0.29) is 17.8 Å². The van der Waals surface area contributed by atoms with Crippen molar-refractivity contribution in [1.82, 2.24) is 29.7 Å². The maximum atomic E-state index is 15.3. The zero-order chi connectivity index (χ0) is 28.0. The molecule has 3 atom stereocenters. The number of carbonyl (C=O) groups is 1. The molecule has 2 aromatic carbocycles. The van der Waals surface area contributed by atoms with E-state index in [1.54, 1.807) is 12.4 Å². The number of benzene rings is 2. The van der Waals surface area contributed by atoms with Crippen LogP contribution in [0.2, 0.25) is 0 Å². The van der Waals surface area contributed by atoms with E-state index in [1.807, 2.05) is 41.8 Å². The van der Waals surface area contributed by atoms with Gasteiger partial charge in [0.15, 0.2) is 11.5 Å². The summed E-state index contributed by atoms with van der Waals surface area (Å²) in [5, 5.41) is 3.18. The summed E-state index contributed by atoms with van der Waals surface area (Å²) in [7, 11) is 3.81. The van der Waals surface area contributed by atoms with Gasteiger partial charge in [-0.05, 0) is 44.6 Å². The van der Waals surface area contributed by atoms with E-state index in [0.717, 1.165) is 17.7 Å². The number of hydrogen-bond donors (Lipinski definition) is 3. The van der Waals surface area contributed by atoms with Gasteiger partial charge in [-0.25, -0.2) is 19.3 Å². The van der Waals surface area contributed by atoms with Crippen LogP contribution in [-0.2, 0) is 17.9 Å². The predicted octanol–water partition coefficient (Wildman–Crippen LogP) is 2.24. The lowest BCUT2D eigenvalue weighted by Gasteiger charge is -2.28. The highest BCUT2D eigenvalue weighted by Crippen LogP contribution is 2.41. The van der Waals surface area contributed by atoms with E-state index in [4.69, 9.17) is 11.5 Å². The number of anilines is 2. The van der Waals surface area contributed by atoms with Crippen LogP contribution in [0.25, 0.3) is 11.2 Å². The van der Waals surface area contributed by atoms with Crippen molar-refractivity contribution >= 4 is 28.6 Å². The number of rotatable bonds is 8. The highest BCUT2D eigenvalue weighted by atomic mass is 19.1. The number of halogens is 1. The number of fused-ring (bicyclic) bond motifs is 1. The van der Waals surface area contributed by atoms with Crippen LogP contribution in [0.1, 0.15) is 35.4 Å². The van der Waals surface area contributed by atoms with Crippen molar-refractivity contribution in [3.8, 4) is 0 Å². The lowest BCUT2D eigenvalue weighted by Crippen LogP contribution is -2.56. The van der Waals surface area contributed by atoms with Gasteiger partial charge in [-0.2, -0.15) is 0 Å². The van der Waals surface area contributed by atoms with Gasteiger partial charge in [-0.1, -0.05) is 30.3 Å². The van der Waals surface area contributed by atoms with Gasteiger partial charge in [-0.15, -0.1) is 0 Å². The van der Waals surface area contributed by atoms with E-state index < -0.39 is 5.54 Å². The van der Waals surface area contributed by atoms with Crippen molar-refractivity contribution in [3.63, 3.8) is 0 Å². The van der Waals surface area contributed by atoms with Crippen molar-refractivity contribution < 1.29 is 9.18 Å². The quantitative estimate of drug-likeness (QED) is 0.308. The SMILES string of the molecule is CN(C)Cc1c(F)ccc(N2CC[C@](N)(C(=O)N[C@H]3C[C@@H]3c3ccccc3)C2)c1Cn1cnc2c(N)ncnc21. The average Bonchev–Trinajstić information content (AvgIpc) is 3.39. The van der Waals surface area contributed by atoms with Gasteiger partial charge >= 0.3 is 0 Å². The second-order valence-electron chi connectivity index (χ2n) is 11.2. The maximum Gasteiger partial charge on any atom is 0.242 e. The Morgan fingerprint density at radius 1 is 1.15 bits per heavy atom. The van der Waals surface area contributed by atoms with Crippen LogP contribution >= 0.6 is 0 Å². The maximum absolute atomic E-state index is 15.3. The Hall–Kier alpha value is -4.09. The minimum Gasteiger partial charge on any atom is -0.382 e. The van der Waals surface area contributed by atoms with Gasteiger partial charge in [0.1, 0.15) is 23.2 Å². The number of nitrogens with two attached hydrogens (primary N) is 2. The highest BCUT2D eigenvalue weighted by molar-refractivity contribution is 5.88. The molecule has 1 saturated carbocycles. The third-order valence-electron chi connectivity index (χ3n) is 8.01. The first-order valence-corrected chi connectivity index (χ1v) is 13.5. The van der Waals surface area contributed by atoms with Gasteiger partial charge in [0.25, 0.3) is 0 Å². The summed E-state index contributed by atoms with van der Waals surface area (Å²) in [6.45, 7) is 1.64. The van der Waals surface area contributed by atoms with Crippen LogP contribution in [-0.4, -0.2) is 69.1 Å². The molecular weight excluding hydrogens is 509 g/mol. The summed E-state index contributed by atoms with van der Waals surface area (Å²) in [6, 6.07) is 13.6. The third kappa shape index (κ3) is 4.86. The van der Waals surface area contributed by atoms with E-state index in [9.17, 15) is 4.79 Å². The topological polar surface area (TPSA) is 131 Å². The van der Waals surface area contributed by atoms with Crippen molar-refractivity contribution in [2.24, 2.45) is 5.73 Å². The highest BCUT2D eigenvalue weighted by Gasteiger charge is 2.46. The Bertz CT molecular complexity index is 1560. The zero-order valence-corrected chi connectivity index (χ0v) is 22.7. The smallest absolute Gasteiger partial charge is 0.242 e. The average molecular weight is 544 g/mol. The molecule has 0 unspecified atom stereocenters. The molecule has 2 aromatic heterocycles. The summed E-state index contributed by atoms with van der Waals surface area (Å²) in [6.07, 6.45) is 4.46. The molecule has 10 nitrogen and oxygen atoms in total. The molecule has 6 rings (SSSR count). The molecular formula is C29H34FN9O. The Labute approximate surface area is 232 Å². The predicted molar refractivity (Wildman–Crippen MR) is 152 cm³/mol. The molecule has 208 valence electrons. The molecule has 5 N–H and O–H groups in total. The van der Waals surface area contributed by atoms with Gasteiger partial charge in [-0.3, -0.25) is 4.79 Å². The van der Waals surface area contributed by atoms with E-state index in [0.29, 0.717) is 61.1 Å². The van der Waals surface area contributed by atoms with Gasteiger partial charge in [0.2, 0.25) is 5.91 Å². The molecule has 40 heavy (non-hydrogen) atoms. The monoisotopic (exact) mass is 543 g/mol. The molecule has 1 saturated heterocycles. The van der Waals surface area contributed by atoms with Crippen LogP contribution in [0, 0.1) is 5.82 Å². The number of imidazole rings is 1. The van der Waals surface area contributed by atoms with Crippen molar-refractivity contribution in [2.75, 3.05) is 37.8 Å². The molecule has 3 heterocycles. The Kier molecular flexibility index (Phi) is 6.63. The molecule has 2 fully saturated rings. The summed E-state index contributed by atoms with van der Waals surface area (Å²) in [5.74, 6) is 0.192. The Morgan fingerprint density at radius 3 is 2.73 bits per heavy atom. The normalized spacial score (nSPS) is 22.3.